The first-order valence-corrected chi connectivity index (χ1v) is 13.0. The van der Waals surface area contributed by atoms with Gasteiger partial charge in [0.25, 0.3) is 0 Å². The largest absolute Gasteiger partial charge is 0.497 e. The molecule has 0 spiro atoms. The van der Waals surface area contributed by atoms with E-state index in [-0.39, 0.29) is 29.5 Å². The van der Waals surface area contributed by atoms with Gasteiger partial charge in [-0.2, -0.15) is 18.3 Å². The first-order valence-electron chi connectivity index (χ1n) is 13.0. The molecule has 3 aromatic carbocycles. The second-order valence-corrected chi connectivity index (χ2v) is 9.54. The van der Waals surface area contributed by atoms with E-state index in [9.17, 15) is 22.8 Å². The number of carbonyl (C=O) groups is 2. The minimum absolute atomic E-state index is 0.185. The number of nitrogens with zero attached hydrogens (tertiary/aromatic N) is 3. The molecule has 2 amide bonds. The molecule has 0 bridgehead atoms. The van der Waals surface area contributed by atoms with Gasteiger partial charge in [-0.3, -0.25) is 19.2 Å². The number of rotatable bonds is 9. The van der Waals surface area contributed by atoms with E-state index in [0.717, 1.165) is 23.4 Å². The molecule has 1 fully saturated rings. The van der Waals surface area contributed by atoms with Gasteiger partial charge in [0.05, 0.1) is 43.9 Å². The number of nitrogens with one attached hydrogen (secondary N) is 1. The summed E-state index contributed by atoms with van der Waals surface area (Å²) in [4.78, 5) is 27.7. The van der Waals surface area contributed by atoms with E-state index < -0.39 is 23.7 Å². The van der Waals surface area contributed by atoms with Crippen LogP contribution in [0.5, 0.6) is 23.0 Å². The Morgan fingerprint density at radius 1 is 0.976 bits per heavy atom. The van der Waals surface area contributed by atoms with Crippen molar-refractivity contribution in [1.82, 2.24) is 9.78 Å². The van der Waals surface area contributed by atoms with Gasteiger partial charge < -0.3 is 19.5 Å². The molecule has 0 aliphatic carbocycles. The number of benzene rings is 3. The molecule has 4 aromatic rings. The van der Waals surface area contributed by atoms with Crippen molar-refractivity contribution in [2.45, 2.75) is 31.6 Å². The van der Waals surface area contributed by atoms with Gasteiger partial charge >= 0.3 is 6.18 Å². The summed E-state index contributed by atoms with van der Waals surface area (Å²) in [5.41, 5.74) is 0.969. The minimum atomic E-state index is -4.46. The molecule has 1 N–H and O–H groups in total. The van der Waals surface area contributed by atoms with Crippen molar-refractivity contribution in [2.75, 3.05) is 24.4 Å². The van der Waals surface area contributed by atoms with Crippen LogP contribution in [0.15, 0.2) is 79.1 Å². The van der Waals surface area contributed by atoms with Crippen molar-refractivity contribution in [3.05, 3.63) is 90.3 Å². The number of hydrogen-bond acceptors (Lipinski definition) is 6. The highest BCUT2D eigenvalue weighted by molar-refractivity contribution is 6.07. The molecule has 1 saturated heterocycles. The van der Waals surface area contributed by atoms with Crippen LogP contribution in [-0.4, -0.2) is 41.9 Å². The number of alkyl halides is 3. The Balaban J connectivity index is 1.30. The van der Waals surface area contributed by atoms with Gasteiger partial charge in [-0.1, -0.05) is 12.1 Å². The van der Waals surface area contributed by atoms with Gasteiger partial charge in [0.1, 0.15) is 29.0 Å². The Labute approximate surface area is 239 Å². The lowest BCUT2D eigenvalue weighted by Gasteiger charge is -2.23. The zero-order valence-corrected chi connectivity index (χ0v) is 22.7. The number of aromatic nitrogens is 2. The first-order chi connectivity index (χ1) is 20.1. The number of methoxy groups -OCH3 is 2. The number of ether oxygens (including phenoxy) is 3. The number of halogens is 3. The van der Waals surface area contributed by atoms with E-state index >= 15 is 0 Å². The first kappa shape index (κ1) is 28.5. The molecular weight excluding hydrogens is 553 g/mol. The Hall–Kier alpha value is -5.00. The summed E-state index contributed by atoms with van der Waals surface area (Å²) in [6.45, 7) is 0.464. The fraction of sp³-hybridized carbons (Fsp3) is 0.233. The van der Waals surface area contributed by atoms with Crippen molar-refractivity contribution in [2.24, 2.45) is 0 Å². The zero-order chi connectivity index (χ0) is 29.9. The molecule has 1 aromatic heterocycles. The third-order valence-electron chi connectivity index (χ3n) is 6.76. The summed E-state index contributed by atoms with van der Waals surface area (Å²) in [5.74, 6) is 0.893. The van der Waals surface area contributed by atoms with Crippen LogP contribution < -0.4 is 24.4 Å². The van der Waals surface area contributed by atoms with Gasteiger partial charge in [-0.15, -0.1) is 0 Å². The van der Waals surface area contributed by atoms with E-state index in [1.807, 2.05) is 24.3 Å². The highest BCUT2D eigenvalue weighted by atomic mass is 19.4. The maximum atomic E-state index is 13.4. The van der Waals surface area contributed by atoms with Crippen molar-refractivity contribution in [3.63, 3.8) is 0 Å². The zero-order valence-electron chi connectivity index (χ0n) is 22.7. The SMILES string of the molecule is COc1ccc(Cn2cc(N3C(=O)CC[C@@H]3C(=O)Nc3cc(Oc4ccc(C(F)(F)F)cc4)ccc3OC)cn2)cc1. The van der Waals surface area contributed by atoms with Crippen molar-refractivity contribution >= 4 is 23.2 Å². The predicted octanol–water partition coefficient (Wildman–Crippen LogP) is 5.89. The third-order valence-corrected chi connectivity index (χ3v) is 6.76. The van der Waals surface area contributed by atoms with Gasteiger partial charge in [-0.05, 0) is 60.5 Å². The Bertz CT molecular complexity index is 1570. The van der Waals surface area contributed by atoms with E-state index in [4.69, 9.17) is 14.2 Å². The highest BCUT2D eigenvalue weighted by Crippen LogP contribution is 2.35. The molecule has 0 unspecified atom stereocenters. The smallest absolute Gasteiger partial charge is 0.416 e. The molecule has 1 atom stereocenters. The van der Waals surface area contributed by atoms with Gasteiger partial charge in [0.2, 0.25) is 11.8 Å². The number of carbonyl (C=O) groups excluding carboxylic acids is 2. The lowest BCUT2D eigenvalue weighted by Crippen LogP contribution is -2.41. The summed E-state index contributed by atoms with van der Waals surface area (Å²) in [5, 5.41) is 7.18. The van der Waals surface area contributed by atoms with Crippen LogP contribution in [0, 0.1) is 0 Å². The molecule has 1 aliphatic heterocycles. The van der Waals surface area contributed by atoms with Crippen LogP contribution in [0.3, 0.4) is 0 Å². The molecule has 0 saturated carbocycles. The average Bonchev–Trinajstić information content (AvgIpc) is 3.59. The predicted molar refractivity (Wildman–Crippen MR) is 148 cm³/mol. The maximum absolute atomic E-state index is 13.4. The van der Waals surface area contributed by atoms with Gasteiger partial charge in [0.15, 0.2) is 0 Å². The Morgan fingerprint density at radius 3 is 2.33 bits per heavy atom. The average molecular weight is 581 g/mol. The lowest BCUT2D eigenvalue weighted by atomic mass is 10.2. The van der Waals surface area contributed by atoms with E-state index in [1.54, 1.807) is 36.3 Å². The van der Waals surface area contributed by atoms with Crippen LogP contribution in [0.2, 0.25) is 0 Å². The van der Waals surface area contributed by atoms with Crippen LogP contribution in [-0.2, 0) is 22.3 Å². The molecule has 2 heterocycles. The number of hydrogen-bond donors (Lipinski definition) is 1. The quantitative estimate of drug-likeness (QED) is 0.265. The Kier molecular flexibility index (Phi) is 8.05. The second kappa shape index (κ2) is 11.9. The van der Waals surface area contributed by atoms with Crippen LogP contribution in [0.1, 0.15) is 24.0 Å². The molecule has 218 valence electrons. The third kappa shape index (κ3) is 6.32. The van der Waals surface area contributed by atoms with E-state index in [2.05, 4.69) is 10.4 Å². The molecule has 5 rings (SSSR count). The van der Waals surface area contributed by atoms with Crippen LogP contribution >= 0.6 is 0 Å². The monoisotopic (exact) mass is 580 g/mol. The molecular formula is C30H27F3N4O5. The maximum Gasteiger partial charge on any atom is 0.416 e. The van der Waals surface area contributed by atoms with Gasteiger partial charge in [-0.25, -0.2) is 0 Å². The molecule has 0 radical (unpaired) electrons. The Morgan fingerprint density at radius 2 is 1.67 bits per heavy atom. The molecule has 9 nitrogen and oxygen atoms in total. The van der Waals surface area contributed by atoms with Crippen molar-refractivity contribution < 1.29 is 37.0 Å². The van der Waals surface area contributed by atoms with Crippen LogP contribution in [0.4, 0.5) is 24.5 Å². The summed E-state index contributed by atoms with van der Waals surface area (Å²) < 4.78 is 56.6. The normalized spacial score (nSPS) is 15.0. The number of anilines is 2. The van der Waals surface area contributed by atoms with Gasteiger partial charge in [0, 0.05) is 18.7 Å². The topological polar surface area (TPSA) is 94.9 Å². The second-order valence-electron chi connectivity index (χ2n) is 9.54. The summed E-state index contributed by atoms with van der Waals surface area (Å²) in [6.07, 6.45) is -0.700. The standard InChI is InChI=1S/C30H27F3N4O5/c1-40-22-7-3-19(4-8-22)17-36-18-21(16-34-36)37-26(12-14-28(37)38)29(39)35-25-15-24(11-13-27(25)41-2)42-23-9-5-20(6-10-23)30(31,32)33/h3-11,13,15-16,18,26H,12,14,17H2,1-2H3,(H,35,39)/t26-/m1/s1. The van der Waals surface area contributed by atoms with Crippen molar-refractivity contribution in [1.29, 1.82) is 0 Å². The number of amides is 2. The lowest BCUT2D eigenvalue weighted by molar-refractivity contribution is -0.137. The summed E-state index contributed by atoms with van der Waals surface area (Å²) >= 11 is 0. The van der Waals surface area contributed by atoms with E-state index in [1.165, 1.54) is 30.2 Å². The summed E-state index contributed by atoms with van der Waals surface area (Å²) in [6, 6.07) is 15.6. The minimum Gasteiger partial charge on any atom is -0.497 e. The van der Waals surface area contributed by atoms with E-state index in [0.29, 0.717) is 24.4 Å². The van der Waals surface area contributed by atoms with Crippen molar-refractivity contribution in [3.8, 4) is 23.0 Å². The fourth-order valence-electron chi connectivity index (χ4n) is 4.65. The molecule has 1 aliphatic rings. The molecule has 12 heteroatoms. The molecule has 42 heavy (non-hydrogen) atoms. The summed E-state index contributed by atoms with van der Waals surface area (Å²) in [7, 11) is 3.03. The van der Waals surface area contributed by atoms with Crippen LogP contribution in [0.25, 0.3) is 0 Å². The highest BCUT2D eigenvalue weighted by Gasteiger charge is 2.38. The fourth-order valence-corrected chi connectivity index (χ4v) is 4.65.